The maximum absolute atomic E-state index is 14.2. The molecule has 2 N–H and O–H groups in total. The fourth-order valence-electron chi connectivity index (χ4n) is 4.83. The molecule has 3 atom stereocenters. The minimum Gasteiger partial charge on any atom is -0.444 e. The monoisotopic (exact) mass is 515 g/mol. The predicted molar refractivity (Wildman–Crippen MR) is 148 cm³/mol. The molecule has 7 nitrogen and oxygen atoms in total. The minimum absolute atomic E-state index is 0.127. The molecular weight excluding hydrogens is 466 g/mol. The highest BCUT2D eigenvalue weighted by Crippen LogP contribution is 2.27. The predicted octanol–water partition coefficient (Wildman–Crippen LogP) is 6.05. The number of hydrogen-bond acceptors (Lipinski definition) is 4. The maximum Gasteiger partial charge on any atom is 0.408 e. The third-order valence-electron chi connectivity index (χ3n) is 7.06. The zero-order valence-electron chi connectivity index (χ0n) is 24.1. The lowest BCUT2D eigenvalue weighted by molar-refractivity contribution is -0.144. The molecule has 3 unspecified atom stereocenters. The summed E-state index contributed by atoms with van der Waals surface area (Å²) >= 11 is 0. The van der Waals surface area contributed by atoms with Crippen LogP contribution in [0.25, 0.3) is 0 Å². The third-order valence-corrected chi connectivity index (χ3v) is 7.06. The van der Waals surface area contributed by atoms with Gasteiger partial charge in [-0.05, 0) is 58.4 Å². The van der Waals surface area contributed by atoms with Gasteiger partial charge in [0.1, 0.15) is 17.7 Å². The highest BCUT2D eigenvalue weighted by molar-refractivity contribution is 5.92. The second kappa shape index (κ2) is 14.4. The smallest absolute Gasteiger partial charge is 0.408 e. The van der Waals surface area contributed by atoms with Gasteiger partial charge in [0.15, 0.2) is 0 Å². The Morgan fingerprint density at radius 3 is 2.35 bits per heavy atom. The molecule has 7 heteroatoms. The number of rotatable bonds is 11. The van der Waals surface area contributed by atoms with Crippen molar-refractivity contribution in [2.24, 2.45) is 5.92 Å². The summed E-state index contributed by atoms with van der Waals surface area (Å²) in [7, 11) is 0. The Balaban J connectivity index is 2.46. The summed E-state index contributed by atoms with van der Waals surface area (Å²) in [6.07, 6.45) is 7.03. The van der Waals surface area contributed by atoms with Gasteiger partial charge >= 0.3 is 6.09 Å². The van der Waals surface area contributed by atoms with Crippen LogP contribution < -0.4 is 10.6 Å². The Labute approximate surface area is 224 Å². The van der Waals surface area contributed by atoms with Crippen molar-refractivity contribution in [3.63, 3.8) is 0 Å². The number of carbonyl (C=O) groups excluding carboxylic acids is 3. The lowest BCUT2D eigenvalue weighted by Crippen LogP contribution is -2.56. The van der Waals surface area contributed by atoms with Crippen LogP contribution in [0, 0.1) is 12.8 Å². The molecule has 3 amide bonds. The standard InChI is InChI=1S/C30H49N3O4/c1-8-10-19-33(28(35)25(22(4)9-2)32-29(36)37-30(5,6)7)26(23-16-14-15-21(3)20-23)27(34)31-24-17-12-11-13-18-24/h14-16,20,22,24-26H,8-13,17-19H2,1-7H3,(H,31,34)(H,32,36). The van der Waals surface area contributed by atoms with Crippen LogP contribution in [-0.2, 0) is 14.3 Å². The number of nitrogens with one attached hydrogen (secondary N) is 2. The molecule has 1 aliphatic rings. The van der Waals surface area contributed by atoms with Crippen molar-refractivity contribution in [1.29, 1.82) is 0 Å². The van der Waals surface area contributed by atoms with E-state index in [9.17, 15) is 14.4 Å². The number of alkyl carbamates (subject to hydrolysis) is 1. The summed E-state index contributed by atoms with van der Waals surface area (Å²) in [5.41, 5.74) is 1.14. The van der Waals surface area contributed by atoms with E-state index in [1.807, 2.05) is 45.0 Å². The molecule has 1 aromatic rings. The summed E-state index contributed by atoms with van der Waals surface area (Å²) < 4.78 is 5.48. The van der Waals surface area contributed by atoms with E-state index in [0.717, 1.165) is 49.7 Å². The van der Waals surface area contributed by atoms with Crippen LogP contribution in [0.1, 0.15) is 110 Å². The second-order valence-corrected chi connectivity index (χ2v) is 11.6. The molecule has 0 aromatic heterocycles. The van der Waals surface area contributed by atoms with Crippen molar-refractivity contribution in [3.05, 3.63) is 35.4 Å². The van der Waals surface area contributed by atoms with Gasteiger partial charge in [-0.15, -0.1) is 0 Å². The number of amides is 3. The van der Waals surface area contributed by atoms with Gasteiger partial charge in [-0.25, -0.2) is 4.79 Å². The van der Waals surface area contributed by atoms with Crippen molar-refractivity contribution in [2.45, 2.75) is 124 Å². The lowest BCUT2D eigenvalue weighted by Gasteiger charge is -2.37. The SMILES string of the molecule is CCCCN(C(=O)C(NC(=O)OC(C)(C)C)C(C)CC)C(C(=O)NC1CCCCC1)c1cccc(C)c1. The summed E-state index contributed by atoms with van der Waals surface area (Å²) in [6, 6.07) is 6.38. The van der Waals surface area contributed by atoms with Gasteiger partial charge in [0.05, 0.1) is 0 Å². The first-order valence-electron chi connectivity index (χ1n) is 14.1. The number of unbranched alkanes of at least 4 members (excludes halogenated alkanes) is 1. The van der Waals surface area contributed by atoms with Crippen molar-refractivity contribution in [3.8, 4) is 0 Å². The van der Waals surface area contributed by atoms with Gasteiger partial charge in [-0.1, -0.05) is 82.7 Å². The van der Waals surface area contributed by atoms with Crippen LogP contribution in [0.15, 0.2) is 24.3 Å². The summed E-state index contributed by atoms with van der Waals surface area (Å²) in [5, 5.41) is 6.09. The fourth-order valence-corrected chi connectivity index (χ4v) is 4.83. The number of benzene rings is 1. The molecule has 0 radical (unpaired) electrons. The Morgan fingerprint density at radius 2 is 1.78 bits per heavy atom. The maximum atomic E-state index is 14.2. The molecule has 1 saturated carbocycles. The van der Waals surface area contributed by atoms with Gasteiger partial charge < -0.3 is 20.3 Å². The minimum atomic E-state index is -0.800. The van der Waals surface area contributed by atoms with Crippen LogP contribution in [0.2, 0.25) is 0 Å². The number of aryl methyl sites for hydroxylation is 1. The van der Waals surface area contributed by atoms with Crippen molar-refractivity contribution in [2.75, 3.05) is 6.54 Å². The average Bonchev–Trinajstić information content (AvgIpc) is 2.83. The van der Waals surface area contributed by atoms with Gasteiger partial charge in [0, 0.05) is 12.6 Å². The molecule has 0 aliphatic heterocycles. The van der Waals surface area contributed by atoms with Crippen molar-refractivity contribution < 1.29 is 19.1 Å². The van der Waals surface area contributed by atoms with Crippen LogP contribution in [0.5, 0.6) is 0 Å². The highest BCUT2D eigenvalue weighted by Gasteiger charge is 2.38. The van der Waals surface area contributed by atoms with Crippen molar-refractivity contribution >= 4 is 17.9 Å². The topological polar surface area (TPSA) is 87.7 Å². The van der Waals surface area contributed by atoms with Gasteiger partial charge in [0.2, 0.25) is 11.8 Å². The molecule has 0 spiro atoms. The van der Waals surface area contributed by atoms with Crippen LogP contribution >= 0.6 is 0 Å². The second-order valence-electron chi connectivity index (χ2n) is 11.6. The van der Waals surface area contributed by atoms with Crippen LogP contribution in [0.3, 0.4) is 0 Å². The molecule has 1 fully saturated rings. The molecular formula is C30H49N3O4. The van der Waals surface area contributed by atoms with Gasteiger partial charge in [0.25, 0.3) is 0 Å². The lowest BCUT2D eigenvalue weighted by atomic mass is 9.93. The molecule has 2 rings (SSSR count). The molecule has 0 bridgehead atoms. The van der Waals surface area contributed by atoms with E-state index in [-0.39, 0.29) is 23.8 Å². The van der Waals surface area contributed by atoms with E-state index in [2.05, 4.69) is 17.6 Å². The molecule has 1 aromatic carbocycles. The normalized spacial score (nSPS) is 16.8. The summed E-state index contributed by atoms with van der Waals surface area (Å²) in [6.45, 7) is 13.8. The third kappa shape index (κ3) is 9.67. The number of ether oxygens (including phenoxy) is 1. The zero-order chi connectivity index (χ0) is 27.6. The van der Waals surface area contributed by atoms with Crippen molar-refractivity contribution in [1.82, 2.24) is 15.5 Å². The van der Waals surface area contributed by atoms with E-state index >= 15 is 0 Å². The number of carbonyl (C=O) groups is 3. The largest absolute Gasteiger partial charge is 0.444 e. The quantitative estimate of drug-likeness (QED) is 0.375. The summed E-state index contributed by atoms with van der Waals surface area (Å²) in [5.74, 6) is -0.537. The number of hydrogen-bond donors (Lipinski definition) is 2. The number of nitrogens with zero attached hydrogens (tertiary/aromatic N) is 1. The molecule has 0 heterocycles. The first kappa shape index (κ1) is 30.7. The Bertz CT molecular complexity index is 889. The van der Waals surface area contributed by atoms with E-state index in [4.69, 9.17) is 4.74 Å². The van der Waals surface area contributed by atoms with Gasteiger partial charge in [-0.2, -0.15) is 0 Å². The Morgan fingerprint density at radius 1 is 1.11 bits per heavy atom. The zero-order valence-corrected chi connectivity index (χ0v) is 24.1. The first-order chi connectivity index (χ1) is 17.5. The Hall–Kier alpha value is -2.57. The molecule has 1 aliphatic carbocycles. The fraction of sp³-hybridized carbons (Fsp3) is 0.700. The molecule has 37 heavy (non-hydrogen) atoms. The summed E-state index contributed by atoms with van der Waals surface area (Å²) in [4.78, 5) is 42.5. The molecule has 208 valence electrons. The van der Waals surface area contributed by atoms with E-state index < -0.39 is 23.8 Å². The van der Waals surface area contributed by atoms with E-state index in [1.165, 1.54) is 6.42 Å². The van der Waals surface area contributed by atoms with E-state index in [1.54, 1.807) is 25.7 Å². The van der Waals surface area contributed by atoms with Crippen LogP contribution in [0.4, 0.5) is 4.79 Å². The van der Waals surface area contributed by atoms with E-state index in [0.29, 0.717) is 13.0 Å². The highest BCUT2D eigenvalue weighted by atomic mass is 16.6. The molecule has 0 saturated heterocycles. The Kier molecular flexibility index (Phi) is 11.9. The average molecular weight is 516 g/mol. The van der Waals surface area contributed by atoms with Gasteiger partial charge in [-0.3, -0.25) is 9.59 Å². The first-order valence-corrected chi connectivity index (χ1v) is 14.1. The van der Waals surface area contributed by atoms with Crippen LogP contribution in [-0.4, -0.2) is 47.0 Å².